The first-order chi connectivity index (χ1) is 10.6. The van der Waals surface area contributed by atoms with Gasteiger partial charge in [0, 0.05) is 20.5 Å². The van der Waals surface area contributed by atoms with Gasteiger partial charge in [0.25, 0.3) is 5.91 Å². The van der Waals surface area contributed by atoms with Gasteiger partial charge in [-0.1, -0.05) is 52.3 Å². The summed E-state index contributed by atoms with van der Waals surface area (Å²) >= 11 is 4.85. The number of hydrogen-bond acceptors (Lipinski definition) is 3. The van der Waals surface area contributed by atoms with E-state index in [1.165, 1.54) is 11.3 Å². The van der Waals surface area contributed by atoms with Crippen LogP contribution in [0.15, 0.2) is 59.1 Å². The zero-order chi connectivity index (χ0) is 15.5. The van der Waals surface area contributed by atoms with Gasteiger partial charge < -0.3 is 0 Å². The SMILES string of the molecule is Cc1sc(NC(=O)c2cccc(Br)c2)nc1-c1ccccc1. The number of rotatable bonds is 3. The molecule has 1 N–H and O–H groups in total. The Morgan fingerprint density at radius 3 is 2.64 bits per heavy atom. The van der Waals surface area contributed by atoms with Crippen LogP contribution in [0, 0.1) is 6.92 Å². The number of hydrogen-bond donors (Lipinski definition) is 1. The third-order valence-electron chi connectivity index (χ3n) is 3.15. The number of aromatic nitrogens is 1. The summed E-state index contributed by atoms with van der Waals surface area (Å²) in [6, 6.07) is 17.2. The third kappa shape index (κ3) is 3.26. The van der Waals surface area contributed by atoms with Gasteiger partial charge in [-0.3, -0.25) is 10.1 Å². The number of carbonyl (C=O) groups excluding carboxylic acids is 1. The Balaban J connectivity index is 1.84. The molecule has 1 heterocycles. The van der Waals surface area contributed by atoms with Crippen LogP contribution in [0.2, 0.25) is 0 Å². The van der Waals surface area contributed by atoms with E-state index in [9.17, 15) is 4.79 Å². The van der Waals surface area contributed by atoms with Crippen molar-refractivity contribution in [2.75, 3.05) is 5.32 Å². The fourth-order valence-corrected chi connectivity index (χ4v) is 3.34. The Morgan fingerprint density at radius 2 is 1.91 bits per heavy atom. The molecule has 0 fully saturated rings. The van der Waals surface area contributed by atoms with Gasteiger partial charge in [-0.05, 0) is 25.1 Å². The molecule has 2 aromatic carbocycles. The maximum absolute atomic E-state index is 12.3. The van der Waals surface area contributed by atoms with Gasteiger partial charge in [0.2, 0.25) is 0 Å². The predicted octanol–water partition coefficient (Wildman–Crippen LogP) is 5.13. The second-order valence-corrected chi connectivity index (χ2v) is 6.87. The molecular weight excluding hydrogens is 360 g/mol. The number of amides is 1. The van der Waals surface area contributed by atoms with E-state index in [0.29, 0.717) is 10.7 Å². The van der Waals surface area contributed by atoms with Crippen LogP contribution in [0.5, 0.6) is 0 Å². The quantitative estimate of drug-likeness (QED) is 0.691. The average Bonchev–Trinajstić information content (AvgIpc) is 2.88. The third-order valence-corrected chi connectivity index (χ3v) is 4.53. The summed E-state index contributed by atoms with van der Waals surface area (Å²) in [6.45, 7) is 2.01. The van der Waals surface area contributed by atoms with Gasteiger partial charge in [-0.2, -0.15) is 0 Å². The van der Waals surface area contributed by atoms with Crippen molar-refractivity contribution in [3.63, 3.8) is 0 Å². The van der Waals surface area contributed by atoms with Crippen molar-refractivity contribution in [1.29, 1.82) is 0 Å². The van der Waals surface area contributed by atoms with E-state index in [1.807, 2.05) is 49.4 Å². The van der Waals surface area contributed by atoms with Crippen LogP contribution in [0.25, 0.3) is 11.3 Å². The van der Waals surface area contributed by atoms with Gasteiger partial charge in [-0.15, -0.1) is 11.3 Å². The van der Waals surface area contributed by atoms with E-state index in [0.717, 1.165) is 20.6 Å². The van der Waals surface area contributed by atoms with Crippen molar-refractivity contribution in [3.8, 4) is 11.3 Å². The average molecular weight is 373 g/mol. The number of halogens is 1. The number of benzene rings is 2. The zero-order valence-electron chi connectivity index (χ0n) is 11.8. The Morgan fingerprint density at radius 1 is 1.14 bits per heavy atom. The number of thiazole rings is 1. The topological polar surface area (TPSA) is 42.0 Å². The maximum atomic E-state index is 12.3. The Hall–Kier alpha value is -1.98. The highest BCUT2D eigenvalue weighted by Gasteiger charge is 2.13. The van der Waals surface area contributed by atoms with E-state index < -0.39 is 0 Å². The number of nitrogens with zero attached hydrogens (tertiary/aromatic N) is 1. The molecule has 1 aromatic heterocycles. The number of nitrogens with one attached hydrogen (secondary N) is 1. The number of aryl methyl sites for hydroxylation is 1. The summed E-state index contributed by atoms with van der Waals surface area (Å²) in [6.07, 6.45) is 0. The number of carbonyl (C=O) groups is 1. The van der Waals surface area contributed by atoms with Crippen LogP contribution in [0.4, 0.5) is 5.13 Å². The molecule has 0 bridgehead atoms. The molecule has 0 aliphatic heterocycles. The molecule has 0 unspecified atom stereocenters. The van der Waals surface area contributed by atoms with Gasteiger partial charge in [-0.25, -0.2) is 4.98 Å². The minimum Gasteiger partial charge on any atom is -0.298 e. The molecule has 0 atom stereocenters. The monoisotopic (exact) mass is 372 g/mol. The van der Waals surface area contributed by atoms with Gasteiger partial charge in [0.15, 0.2) is 5.13 Å². The minimum atomic E-state index is -0.158. The van der Waals surface area contributed by atoms with E-state index in [2.05, 4.69) is 26.2 Å². The lowest BCUT2D eigenvalue weighted by molar-refractivity contribution is 0.102. The maximum Gasteiger partial charge on any atom is 0.257 e. The molecule has 0 spiro atoms. The van der Waals surface area contributed by atoms with Crippen molar-refractivity contribution in [3.05, 3.63) is 69.5 Å². The molecule has 0 aliphatic rings. The van der Waals surface area contributed by atoms with E-state index in [-0.39, 0.29) is 5.91 Å². The second kappa shape index (κ2) is 6.42. The first-order valence-corrected chi connectivity index (χ1v) is 8.34. The highest BCUT2D eigenvalue weighted by atomic mass is 79.9. The molecule has 0 aliphatic carbocycles. The van der Waals surface area contributed by atoms with Crippen molar-refractivity contribution < 1.29 is 4.79 Å². The highest BCUT2D eigenvalue weighted by Crippen LogP contribution is 2.30. The molecular formula is C17H13BrN2OS. The molecule has 22 heavy (non-hydrogen) atoms. The summed E-state index contributed by atoms with van der Waals surface area (Å²) in [5.74, 6) is -0.158. The van der Waals surface area contributed by atoms with E-state index in [4.69, 9.17) is 0 Å². The van der Waals surface area contributed by atoms with Crippen molar-refractivity contribution in [1.82, 2.24) is 4.98 Å². The van der Waals surface area contributed by atoms with Crippen LogP contribution >= 0.6 is 27.3 Å². The molecule has 0 radical (unpaired) electrons. The smallest absolute Gasteiger partial charge is 0.257 e. The summed E-state index contributed by atoms with van der Waals surface area (Å²) in [5.41, 5.74) is 2.57. The first kappa shape index (κ1) is 14.9. The van der Waals surface area contributed by atoms with Gasteiger partial charge >= 0.3 is 0 Å². The molecule has 110 valence electrons. The lowest BCUT2D eigenvalue weighted by Crippen LogP contribution is -2.11. The molecule has 0 saturated heterocycles. The van der Waals surface area contributed by atoms with Crippen molar-refractivity contribution >= 4 is 38.3 Å². The lowest BCUT2D eigenvalue weighted by Gasteiger charge is -2.02. The highest BCUT2D eigenvalue weighted by molar-refractivity contribution is 9.10. The Kier molecular flexibility index (Phi) is 4.36. The Bertz CT molecular complexity index is 815. The molecule has 3 nitrogen and oxygen atoms in total. The van der Waals surface area contributed by atoms with Crippen LogP contribution in [-0.4, -0.2) is 10.9 Å². The fraction of sp³-hybridized carbons (Fsp3) is 0.0588. The summed E-state index contributed by atoms with van der Waals surface area (Å²) < 4.78 is 0.875. The second-order valence-electron chi connectivity index (χ2n) is 4.75. The summed E-state index contributed by atoms with van der Waals surface area (Å²) in [5, 5.41) is 3.48. The summed E-state index contributed by atoms with van der Waals surface area (Å²) in [4.78, 5) is 17.9. The van der Waals surface area contributed by atoms with Crippen LogP contribution in [-0.2, 0) is 0 Å². The summed E-state index contributed by atoms with van der Waals surface area (Å²) in [7, 11) is 0. The first-order valence-electron chi connectivity index (χ1n) is 6.73. The molecule has 5 heteroatoms. The zero-order valence-corrected chi connectivity index (χ0v) is 14.2. The molecule has 1 amide bonds. The van der Waals surface area contributed by atoms with Crippen LogP contribution < -0.4 is 5.32 Å². The van der Waals surface area contributed by atoms with Crippen LogP contribution in [0.1, 0.15) is 15.2 Å². The van der Waals surface area contributed by atoms with Crippen LogP contribution in [0.3, 0.4) is 0 Å². The molecule has 3 rings (SSSR count). The standard InChI is InChI=1S/C17H13BrN2OS/c1-11-15(12-6-3-2-4-7-12)19-17(22-11)20-16(21)13-8-5-9-14(18)10-13/h2-10H,1H3,(H,19,20,21). The molecule has 3 aromatic rings. The number of anilines is 1. The van der Waals surface area contributed by atoms with Crippen molar-refractivity contribution in [2.45, 2.75) is 6.92 Å². The van der Waals surface area contributed by atoms with Gasteiger partial charge in [0.1, 0.15) is 0 Å². The Labute approximate surface area is 141 Å². The van der Waals surface area contributed by atoms with E-state index >= 15 is 0 Å². The van der Waals surface area contributed by atoms with Crippen molar-refractivity contribution in [2.24, 2.45) is 0 Å². The normalized spacial score (nSPS) is 10.5. The van der Waals surface area contributed by atoms with E-state index in [1.54, 1.807) is 12.1 Å². The molecule has 0 saturated carbocycles. The largest absolute Gasteiger partial charge is 0.298 e. The minimum absolute atomic E-state index is 0.158. The predicted molar refractivity (Wildman–Crippen MR) is 94.4 cm³/mol. The fourth-order valence-electron chi connectivity index (χ4n) is 2.11. The van der Waals surface area contributed by atoms with Gasteiger partial charge in [0.05, 0.1) is 5.69 Å². The lowest BCUT2D eigenvalue weighted by atomic mass is 10.1.